The lowest BCUT2D eigenvalue weighted by Gasteiger charge is -2.09. The Morgan fingerprint density at radius 2 is 1.50 bits per heavy atom. The molecule has 0 saturated carbocycles. The Hall–Kier alpha value is -0.350. The predicted molar refractivity (Wildman–Crippen MR) is 59.3 cm³/mol. The Morgan fingerprint density at radius 3 is 1.83 bits per heavy atom. The number of rotatable bonds is 2. The third-order valence-corrected chi connectivity index (χ3v) is 3.00. The molecule has 1 aromatic carbocycles. The average Bonchev–Trinajstić information content (AvgIpc) is 2.08. The van der Waals surface area contributed by atoms with Gasteiger partial charge in [0.1, 0.15) is 0 Å². The molecule has 0 fully saturated rings. The molecule has 0 radical (unpaired) electrons. The molecule has 1 rings (SSSR count). The largest absolute Gasteiger partial charge is 0.105 e. The Labute approximate surface area is 77.6 Å². The van der Waals surface area contributed by atoms with Gasteiger partial charge in [-0.05, 0) is 36.2 Å². The zero-order valence-electron chi connectivity index (χ0n) is 8.15. The van der Waals surface area contributed by atoms with Gasteiger partial charge in [-0.1, -0.05) is 31.5 Å². The SMILES string of the molecule is CCc1cc(C)cc(CC)c1P. The van der Waals surface area contributed by atoms with Crippen molar-refractivity contribution in [3.63, 3.8) is 0 Å². The van der Waals surface area contributed by atoms with Crippen molar-refractivity contribution in [3.05, 3.63) is 28.8 Å². The first-order valence-corrected chi connectivity index (χ1v) is 5.14. The molecule has 1 unspecified atom stereocenters. The molecule has 0 aromatic heterocycles. The average molecular weight is 180 g/mol. The van der Waals surface area contributed by atoms with Gasteiger partial charge in [0.15, 0.2) is 0 Å². The van der Waals surface area contributed by atoms with Crippen molar-refractivity contribution in [1.82, 2.24) is 0 Å². The second-order valence-corrected chi connectivity index (χ2v) is 3.78. The fourth-order valence-electron chi connectivity index (χ4n) is 1.54. The van der Waals surface area contributed by atoms with E-state index in [4.69, 9.17) is 0 Å². The van der Waals surface area contributed by atoms with Crippen LogP contribution in [0.3, 0.4) is 0 Å². The van der Waals surface area contributed by atoms with Crippen LogP contribution in [0.2, 0.25) is 0 Å². The third-order valence-electron chi connectivity index (χ3n) is 2.26. The van der Waals surface area contributed by atoms with Crippen LogP contribution in [0.5, 0.6) is 0 Å². The molecule has 0 aliphatic carbocycles. The second kappa shape index (κ2) is 4.05. The molecular weight excluding hydrogens is 163 g/mol. The molecule has 0 spiro atoms. The van der Waals surface area contributed by atoms with Crippen LogP contribution < -0.4 is 5.30 Å². The van der Waals surface area contributed by atoms with Gasteiger partial charge >= 0.3 is 0 Å². The van der Waals surface area contributed by atoms with Crippen molar-refractivity contribution in [2.75, 3.05) is 0 Å². The van der Waals surface area contributed by atoms with E-state index in [-0.39, 0.29) is 0 Å². The van der Waals surface area contributed by atoms with Crippen LogP contribution in [-0.4, -0.2) is 0 Å². The summed E-state index contributed by atoms with van der Waals surface area (Å²) in [5.41, 5.74) is 4.32. The van der Waals surface area contributed by atoms with Gasteiger partial charge in [-0.25, -0.2) is 0 Å². The van der Waals surface area contributed by atoms with Crippen molar-refractivity contribution in [3.8, 4) is 0 Å². The Bertz CT molecular complexity index is 251. The standard InChI is InChI=1S/C11H17P/c1-4-9-6-8(3)7-10(5-2)11(9)12/h6-7H,4-5,12H2,1-3H3. The van der Waals surface area contributed by atoms with Crippen LogP contribution in [-0.2, 0) is 12.8 Å². The molecule has 1 heteroatoms. The third kappa shape index (κ3) is 1.87. The quantitative estimate of drug-likeness (QED) is 0.614. The molecule has 0 heterocycles. The van der Waals surface area contributed by atoms with Gasteiger partial charge in [0.25, 0.3) is 0 Å². The van der Waals surface area contributed by atoms with Gasteiger partial charge in [0.2, 0.25) is 0 Å². The van der Waals surface area contributed by atoms with E-state index < -0.39 is 0 Å². The first kappa shape index (κ1) is 9.74. The number of benzene rings is 1. The zero-order valence-corrected chi connectivity index (χ0v) is 9.30. The zero-order chi connectivity index (χ0) is 9.14. The Morgan fingerprint density at radius 1 is 1.08 bits per heavy atom. The highest BCUT2D eigenvalue weighted by Gasteiger charge is 2.01. The van der Waals surface area contributed by atoms with E-state index in [1.54, 1.807) is 0 Å². The highest BCUT2D eigenvalue weighted by molar-refractivity contribution is 7.27. The monoisotopic (exact) mass is 180 g/mol. The molecule has 1 aromatic rings. The van der Waals surface area contributed by atoms with Gasteiger partial charge in [0, 0.05) is 0 Å². The molecule has 12 heavy (non-hydrogen) atoms. The minimum atomic E-state index is 1.13. The molecule has 0 aliphatic heterocycles. The van der Waals surface area contributed by atoms with E-state index in [1.807, 2.05) is 0 Å². The van der Waals surface area contributed by atoms with Gasteiger partial charge < -0.3 is 0 Å². The second-order valence-electron chi connectivity index (χ2n) is 3.20. The lowest BCUT2D eigenvalue weighted by Crippen LogP contribution is -2.07. The van der Waals surface area contributed by atoms with E-state index in [1.165, 1.54) is 22.0 Å². The normalized spacial score (nSPS) is 10.3. The van der Waals surface area contributed by atoms with E-state index in [0.29, 0.717) is 0 Å². The molecule has 66 valence electrons. The van der Waals surface area contributed by atoms with Crippen molar-refractivity contribution in [2.45, 2.75) is 33.6 Å². The van der Waals surface area contributed by atoms with Crippen LogP contribution in [0.1, 0.15) is 30.5 Å². The van der Waals surface area contributed by atoms with Crippen molar-refractivity contribution < 1.29 is 0 Å². The summed E-state index contributed by atoms with van der Waals surface area (Å²) in [7, 11) is 2.86. The molecule has 0 amide bonds. The number of hydrogen-bond acceptors (Lipinski definition) is 0. The first-order valence-electron chi connectivity index (χ1n) is 4.56. The highest BCUT2D eigenvalue weighted by atomic mass is 31.0. The lowest BCUT2D eigenvalue weighted by molar-refractivity contribution is 1.10. The van der Waals surface area contributed by atoms with Crippen LogP contribution >= 0.6 is 9.24 Å². The molecule has 0 saturated heterocycles. The first-order chi connectivity index (χ1) is 5.69. The van der Waals surface area contributed by atoms with Crippen LogP contribution in [0.15, 0.2) is 12.1 Å². The topological polar surface area (TPSA) is 0 Å². The van der Waals surface area contributed by atoms with Crippen molar-refractivity contribution >= 4 is 14.5 Å². The Kier molecular flexibility index (Phi) is 3.29. The molecule has 0 nitrogen and oxygen atoms in total. The van der Waals surface area contributed by atoms with E-state index in [9.17, 15) is 0 Å². The summed E-state index contributed by atoms with van der Waals surface area (Å²) in [6, 6.07) is 4.56. The smallest absolute Gasteiger partial charge is 0.0239 e. The van der Waals surface area contributed by atoms with E-state index in [2.05, 4.69) is 42.1 Å². The lowest BCUT2D eigenvalue weighted by atomic mass is 10.0. The minimum absolute atomic E-state index is 1.13. The summed E-state index contributed by atoms with van der Waals surface area (Å²) in [4.78, 5) is 0. The highest BCUT2D eigenvalue weighted by Crippen LogP contribution is 2.11. The molecule has 0 bridgehead atoms. The summed E-state index contributed by atoms with van der Waals surface area (Å²) in [6.45, 7) is 6.59. The van der Waals surface area contributed by atoms with Crippen LogP contribution in [0.25, 0.3) is 0 Å². The van der Waals surface area contributed by atoms with Gasteiger partial charge in [-0.15, -0.1) is 9.24 Å². The van der Waals surface area contributed by atoms with Crippen LogP contribution in [0, 0.1) is 6.92 Å². The minimum Gasteiger partial charge on any atom is -0.105 e. The fraction of sp³-hybridized carbons (Fsp3) is 0.455. The van der Waals surface area contributed by atoms with Gasteiger partial charge in [0.05, 0.1) is 0 Å². The van der Waals surface area contributed by atoms with Gasteiger partial charge in [-0.3, -0.25) is 0 Å². The number of hydrogen-bond donors (Lipinski definition) is 0. The predicted octanol–water partition coefficient (Wildman–Crippen LogP) is 2.62. The van der Waals surface area contributed by atoms with Crippen molar-refractivity contribution in [1.29, 1.82) is 0 Å². The maximum Gasteiger partial charge on any atom is -0.0239 e. The fourth-order valence-corrected chi connectivity index (χ4v) is 2.11. The molecule has 1 atom stereocenters. The van der Waals surface area contributed by atoms with Crippen molar-refractivity contribution in [2.24, 2.45) is 0 Å². The summed E-state index contributed by atoms with van der Waals surface area (Å²) in [5, 5.41) is 1.41. The van der Waals surface area contributed by atoms with E-state index in [0.717, 1.165) is 12.8 Å². The molecule has 0 aliphatic rings. The Balaban J connectivity index is 3.22. The van der Waals surface area contributed by atoms with E-state index >= 15 is 0 Å². The number of aryl methyl sites for hydroxylation is 3. The van der Waals surface area contributed by atoms with Gasteiger partial charge in [-0.2, -0.15) is 0 Å². The summed E-state index contributed by atoms with van der Waals surface area (Å²) in [5.74, 6) is 0. The molecular formula is C11H17P. The summed E-state index contributed by atoms with van der Waals surface area (Å²) in [6.07, 6.45) is 2.26. The maximum absolute atomic E-state index is 2.86. The summed E-state index contributed by atoms with van der Waals surface area (Å²) >= 11 is 0. The maximum atomic E-state index is 2.86. The molecule has 0 N–H and O–H groups in total. The summed E-state index contributed by atoms with van der Waals surface area (Å²) < 4.78 is 0. The van der Waals surface area contributed by atoms with Crippen LogP contribution in [0.4, 0.5) is 0 Å².